The Hall–Kier alpha value is -2.88. The molecule has 0 aliphatic carbocycles. The first kappa shape index (κ1) is 17.9. The lowest BCUT2D eigenvalue weighted by atomic mass is 9.92. The van der Waals surface area contributed by atoms with Crippen LogP contribution in [0.15, 0.2) is 60.7 Å². The van der Waals surface area contributed by atoms with E-state index in [9.17, 15) is 4.79 Å². The first-order valence-electron chi connectivity index (χ1n) is 8.82. The Morgan fingerprint density at radius 1 is 1.04 bits per heavy atom. The van der Waals surface area contributed by atoms with E-state index in [2.05, 4.69) is 43.3 Å². The molecule has 0 saturated heterocycles. The lowest BCUT2D eigenvalue weighted by Gasteiger charge is -2.13. The molecule has 0 spiro atoms. The molecular formula is C22H25N3O. The summed E-state index contributed by atoms with van der Waals surface area (Å²) in [6, 6.07) is 20.0. The highest BCUT2D eigenvalue weighted by molar-refractivity contribution is 6.03. The molecule has 2 aromatic carbocycles. The van der Waals surface area contributed by atoms with Gasteiger partial charge in [0.1, 0.15) is 5.69 Å². The third-order valence-electron chi connectivity index (χ3n) is 4.38. The summed E-state index contributed by atoms with van der Waals surface area (Å²) < 4.78 is 1.65. The van der Waals surface area contributed by atoms with Gasteiger partial charge in [-0.15, -0.1) is 0 Å². The Bertz CT molecular complexity index is 905. The Balaban J connectivity index is 1.83. The van der Waals surface area contributed by atoms with Crippen LogP contribution in [0.2, 0.25) is 0 Å². The number of nitrogens with zero attached hydrogens (tertiary/aromatic N) is 2. The van der Waals surface area contributed by atoms with Crippen LogP contribution >= 0.6 is 0 Å². The number of rotatable bonds is 4. The number of anilines is 1. The van der Waals surface area contributed by atoms with Crippen molar-refractivity contribution in [3.05, 3.63) is 83.2 Å². The van der Waals surface area contributed by atoms with Crippen LogP contribution in [-0.2, 0) is 18.9 Å². The van der Waals surface area contributed by atoms with E-state index in [4.69, 9.17) is 0 Å². The molecule has 0 atom stereocenters. The van der Waals surface area contributed by atoms with Crippen molar-refractivity contribution in [3.63, 3.8) is 0 Å². The topological polar surface area (TPSA) is 46.9 Å². The van der Waals surface area contributed by atoms with E-state index in [-0.39, 0.29) is 11.3 Å². The zero-order valence-electron chi connectivity index (χ0n) is 15.8. The molecule has 4 heteroatoms. The molecule has 0 bridgehead atoms. The largest absolute Gasteiger partial charge is 0.320 e. The average Bonchev–Trinajstić information content (AvgIpc) is 3.00. The van der Waals surface area contributed by atoms with Crippen molar-refractivity contribution in [2.75, 3.05) is 5.32 Å². The number of nitrogens with one attached hydrogen (secondary N) is 1. The molecule has 0 unspecified atom stereocenters. The minimum Gasteiger partial charge on any atom is -0.320 e. The molecule has 0 aliphatic heterocycles. The zero-order valence-corrected chi connectivity index (χ0v) is 15.8. The van der Waals surface area contributed by atoms with Gasteiger partial charge in [0, 0.05) is 18.2 Å². The summed E-state index contributed by atoms with van der Waals surface area (Å²) in [5.41, 5.74) is 4.50. The molecular weight excluding hydrogens is 322 g/mol. The quantitative estimate of drug-likeness (QED) is 0.752. The van der Waals surface area contributed by atoms with Crippen LogP contribution in [0.3, 0.4) is 0 Å². The zero-order chi connectivity index (χ0) is 18.7. The summed E-state index contributed by atoms with van der Waals surface area (Å²) in [6.45, 7) is 6.27. The average molecular weight is 347 g/mol. The summed E-state index contributed by atoms with van der Waals surface area (Å²) in [6.07, 6.45) is 0.774. The van der Waals surface area contributed by atoms with Crippen LogP contribution in [0, 0.1) is 0 Å². The van der Waals surface area contributed by atoms with E-state index < -0.39 is 0 Å². The third kappa shape index (κ3) is 4.02. The van der Waals surface area contributed by atoms with E-state index in [1.54, 1.807) is 11.7 Å². The number of aryl methyl sites for hydroxylation is 1. The van der Waals surface area contributed by atoms with Gasteiger partial charge in [-0.2, -0.15) is 5.10 Å². The molecule has 3 aromatic rings. The molecule has 1 N–H and O–H groups in total. The molecule has 1 aromatic heterocycles. The first-order chi connectivity index (χ1) is 12.3. The molecule has 134 valence electrons. The number of benzene rings is 2. The maximum absolute atomic E-state index is 12.8. The second-order valence-electron chi connectivity index (χ2n) is 7.56. The number of hydrogen-bond donors (Lipinski definition) is 1. The van der Waals surface area contributed by atoms with Crippen molar-refractivity contribution in [2.24, 2.45) is 7.05 Å². The molecule has 3 rings (SSSR count). The fourth-order valence-electron chi connectivity index (χ4n) is 2.84. The molecule has 1 heterocycles. The Morgan fingerprint density at radius 2 is 1.69 bits per heavy atom. The number of carbonyl (C=O) groups excluding carboxylic acids is 1. The normalized spacial score (nSPS) is 11.4. The van der Waals surface area contributed by atoms with E-state index >= 15 is 0 Å². The van der Waals surface area contributed by atoms with Crippen molar-refractivity contribution >= 4 is 11.6 Å². The minimum atomic E-state index is -0.143. The van der Waals surface area contributed by atoms with Crippen molar-refractivity contribution in [1.82, 2.24) is 9.78 Å². The molecule has 0 saturated carbocycles. The lowest BCUT2D eigenvalue weighted by Crippen LogP contribution is -2.17. The Morgan fingerprint density at radius 3 is 2.35 bits per heavy atom. The number of amides is 1. The summed E-state index contributed by atoms with van der Waals surface area (Å²) >= 11 is 0. The van der Waals surface area contributed by atoms with Gasteiger partial charge in [0.05, 0.1) is 5.69 Å². The smallest absolute Gasteiger partial charge is 0.273 e. The number of hydrogen-bond acceptors (Lipinski definition) is 2. The second kappa shape index (κ2) is 7.16. The Labute approximate surface area is 154 Å². The number of aromatic nitrogens is 2. The third-order valence-corrected chi connectivity index (χ3v) is 4.38. The van der Waals surface area contributed by atoms with Gasteiger partial charge in [0.2, 0.25) is 0 Å². The van der Waals surface area contributed by atoms with Crippen molar-refractivity contribution in [3.8, 4) is 0 Å². The number of carbonyl (C=O) groups is 1. The van der Waals surface area contributed by atoms with E-state index in [1.165, 1.54) is 5.56 Å². The van der Waals surface area contributed by atoms with Crippen LogP contribution in [-0.4, -0.2) is 15.7 Å². The predicted octanol–water partition coefficient (Wildman–Crippen LogP) is 4.56. The van der Waals surface area contributed by atoms with Gasteiger partial charge in [-0.1, -0.05) is 69.3 Å². The summed E-state index contributed by atoms with van der Waals surface area (Å²) in [7, 11) is 1.81. The van der Waals surface area contributed by atoms with E-state index in [0.717, 1.165) is 23.4 Å². The molecule has 26 heavy (non-hydrogen) atoms. The van der Waals surface area contributed by atoms with Crippen LogP contribution in [0.25, 0.3) is 0 Å². The second-order valence-corrected chi connectivity index (χ2v) is 7.56. The predicted molar refractivity (Wildman–Crippen MR) is 106 cm³/mol. The van der Waals surface area contributed by atoms with Crippen LogP contribution in [0.5, 0.6) is 0 Å². The van der Waals surface area contributed by atoms with Crippen molar-refractivity contribution in [1.29, 1.82) is 0 Å². The van der Waals surface area contributed by atoms with Crippen molar-refractivity contribution < 1.29 is 4.79 Å². The molecule has 0 aliphatic rings. The highest BCUT2D eigenvalue weighted by Crippen LogP contribution is 2.23. The van der Waals surface area contributed by atoms with Gasteiger partial charge in [0.25, 0.3) is 5.91 Å². The summed E-state index contributed by atoms with van der Waals surface area (Å²) in [4.78, 5) is 12.8. The van der Waals surface area contributed by atoms with E-state index in [0.29, 0.717) is 5.69 Å². The van der Waals surface area contributed by atoms with Gasteiger partial charge < -0.3 is 5.32 Å². The Kier molecular flexibility index (Phi) is 4.94. The molecule has 1 amide bonds. The maximum Gasteiger partial charge on any atom is 0.273 e. The van der Waals surface area contributed by atoms with Gasteiger partial charge in [-0.05, 0) is 29.7 Å². The molecule has 0 radical (unpaired) electrons. The van der Waals surface area contributed by atoms with Gasteiger partial charge in [-0.3, -0.25) is 9.48 Å². The minimum absolute atomic E-state index is 0.0957. The molecule has 0 fully saturated rings. The fourth-order valence-corrected chi connectivity index (χ4v) is 2.84. The standard InChI is InChI=1S/C22H25N3O/c1-22(2,3)20-15-19(25(4)24-20)21(26)23-18-13-9-8-12-17(18)14-16-10-6-5-7-11-16/h5-13,15H,14H2,1-4H3,(H,23,26). The first-order valence-corrected chi connectivity index (χ1v) is 8.82. The monoisotopic (exact) mass is 347 g/mol. The maximum atomic E-state index is 12.8. The summed E-state index contributed by atoms with van der Waals surface area (Å²) in [5.74, 6) is -0.143. The molecule has 4 nitrogen and oxygen atoms in total. The van der Waals surface area contributed by atoms with Gasteiger partial charge >= 0.3 is 0 Å². The lowest BCUT2D eigenvalue weighted by molar-refractivity contribution is 0.101. The highest BCUT2D eigenvalue weighted by atomic mass is 16.2. The van der Waals surface area contributed by atoms with Crippen LogP contribution in [0.1, 0.15) is 48.1 Å². The van der Waals surface area contributed by atoms with Gasteiger partial charge in [0.15, 0.2) is 0 Å². The SMILES string of the molecule is Cn1nc(C(C)(C)C)cc1C(=O)Nc1ccccc1Cc1ccccc1. The van der Waals surface area contributed by atoms with Crippen molar-refractivity contribution in [2.45, 2.75) is 32.6 Å². The van der Waals surface area contributed by atoms with Crippen LogP contribution in [0.4, 0.5) is 5.69 Å². The van der Waals surface area contributed by atoms with Crippen LogP contribution < -0.4 is 5.32 Å². The summed E-state index contributed by atoms with van der Waals surface area (Å²) in [5, 5.41) is 7.54. The van der Waals surface area contributed by atoms with E-state index in [1.807, 2.05) is 48.5 Å². The fraction of sp³-hybridized carbons (Fsp3) is 0.273. The number of para-hydroxylation sites is 1. The highest BCUT2D eigenvalue weighted by Gasteiger charge is 2.22. The van der Waals surface area contributed by atoms with Gasteiger partial charge in [-0.25, -0.2) is 0 Å².